The van der Waals surface area contributed by atoms with Gasteiger partial charge in [0, 0.05) is 5.56 Å². The second kappa shape index (κ2) is 7.87. The van der Waals surface area contributed by atoms with Crippen molar-refractivity contribution < 1.29 is 27.5 Å². The van der Waals surface area contributed by atoms with Crippen LogP contribution in [0.3, 0.4) is 0 Å². The molecule has 152 valence electrons. The number of nitrogens with one attached hydrogen (secondary N) is 1. The fourth-order valence-corrected chi connectivity index (χ4v) is 3.76. The van der Waals surface area contributed by atoms with Gasteiger partial charge < -0.3 is 4.74 Å². The highest BCUT2D eigenvalue weighted by Gasteiger charge is 2.33. The number of ether oxygens (including phenoxy) is 1. The van der Waals surface area contributed by atoms with Gasteiger partial charge in [0.1, 0.15) is 12.4 Å². The molecule has 3 aromatic rings. The van der Waals surface area contributed by atoms with E-state index in [4.69, 9.17) is 4.74 Å². The first kappa shape index (κ1) is 20.0. The number of carbonyl (C=O) groups is 2. The number of carbonyl (C=O) groups excluding carboxylic acids is 2. The van der Waals surface area contributed by atoms with Crippen molar-refractivity contribution in [3.05, 3.63) is 82.3 Å². The van der Waals surface area contributed by atoms with E-state index in [-0.39, 0.29) is 12.2 Å². The molecule has 1 N–H and O–H groups in total. The first-order chi connectivity index (χ1) is 14.3. The molecule has 0 atom stereocenters. The van der Waals surface area contributed by atoms with Crippen molar-refractivity contribution >= 4 is 39.8 Å². The highest BCUT2D eigenvalue weighted by atomic mass is 32.2. The lowest BCUT2D eigenvalue weighted by Gasteiger charge is -2.13. The minimum Gasteiger partial charge on any atom is -0.489 e. The van der Waals surface area contributed by atoms with Gasteiger partial charge in [0.15, 0.2) is 0 Å². The van der Waals surface area contributed by atoms with Gasteiger partial charge in [0.2, 0.25) is 0 Å². The van der Waals surface area contributed by atoms with Crippen LogP contribution in [0.5, 0.6) is 5.75 Å². The van der Waals surface area contributed by atoms with Crippen LogP contribution in [-0.2, 0) is 17.6 Å². The van der Waals surface area contributed by atoms with Crippen molar-refractivity contribution in [3.63, 3.8) is 0 Å². The molecule has 4 nitrogen and oxygen atoms in total. The average molecular weight is 429 g/mol. The summed E-state index contributed by atoms with van der Waals surface area (Å²) < 4.78 is 44.9. The molecule has 0 radical (unpaired) electrons. The molecule has 0 unspecified atom stereocenters. The molecule has 0 aromatic heterocycles. The monoisotopic (exact) mass is 429 g/mol. The van der Waals surface area contributed by atoms with Crippen LogP contribution >= 0.6 is 11.8 Å². The zero-order chi connectivity index (χ0) is 21.3. The molecule has 8 heteroatoms. The fraction of sp³-hybridized carbons (Fsp3) is 0.0909. The van der Waals surface area contributed by atoms with Crippen molar-refractivity contribution in [1.29, 1.82) is 0 Å². The summed E-state index contributed by atoms with van der Waals surface area (Å²) in [6.07, 6.45) is -2.81. The fourth-order valence-electron chi connectivity index (χ4n) is 3.08. The van der Waals surface area contributed by atoms with E-state index in [1.165, 1.54) is 12.1 Å². The number of benzene rings is 3. The van der Waals surface area contributed by atoms with Crippen LogP contribution in [0.25, 0.3) is 16.8 Å². The summed E-state index contributed by atoms with van der Waals surface area (Å²) >= 11 is 0.845. The van der Waals surface area contributed by atoms with E-state index in [0.29, 0.717) is 10.7 Å². The number of thioether (sulfide) groups is 1. The smallest absolute Gasteiger partial charge is 0.416 e. The largest absolute Gasteiger partial charge is 0.489 e. The number of fused-ring (bicyclic) bond motifs is 1. The predicted molar refractivity (Wildman–Crippen MR) is 109 cm³/mol. The maximum atomic E-state index is 13.1. The van der Waals surface area contributed by atoms with Gasteiger partial charge in [-0.05, 0) is 58.4 Å². The van der Waals surface area contributed by atoms with Crippen LogP contribution < -0.4 is 10.1 Å². The molecule has 0 aliphatic carbocycles. The normalized spacial score (nSPS) is 15.6. The summed E-state index contributed by atoms with van der Waals surface area (Å²) in [7, 11) is 0. The zero-order valence-corrected chi connectivity index (χ0v) is 16.1. The molecule has 30 heavy (non-hydrogen) atoms. The van der Waals surface area contributed by atoms with E-state index in [1.54, 1.807) is 36.4 Å². The van der Waals surface area contributed by atoms with Crippen molar-refractivity contribution in [3.8, 4) is 5.75 Å². The van der Waals surface area contributed by atoms with Crippen molar-refractivity contribution in [2.75, 3.05) is 0 Å². The van der Waals surface area contributed by atoms with E-state index < -0.39 is 22.9 Å². The third-order valence-electron chi connectivity index (χ3n) is 4.49. The first-order valence-corrected chi connectivity index (χ1v) is 9.68. The molecular weight excluding hydrogens is 415 g/mol. The summed E-state index contributed by atoms with van der Waals surface area (Å²) in [4.78, 5) is 23.2. The number of imide groups is 1. The van der Waals surface area contributed by atoms with Crippen molar-refractivity contribution in [2.45, 2.75) is 12.8 Å². The molecule has 4 rings (SSSR count). The number of rotatable bonds is 4. The molecule has 1 aliphatic heterocycles. The van der Waals surface area contributed by atoms with Crippen molar-refractivity contribution in [2.24, 2.45) is 0 Å². The molecule has 1 heterocycles. The van der Waals surface area contributed by atoms with Gasteiger partial charge in [-0.25, -0.2) is 0 Å². The third-order valence-corrected chi connectivity index (χ3v) is 5.30. The Morgan fingerprint density at radius 3 is 2.43 bits per heavy atom. The van der Waals surface area contributed by atoms with Gasteiger partial charge in [-0.15, -0.1) is 0 Å². The van der Waals surface area contributed by atoms with Crippen LogP contribution in [0.2, 0.25) is 0 Å². The summed E-state index contributed by atoms with van der Waals surface area (Å²) in [5.74, 6) is 0.0230. The van der Waals surface area contributed by atoms with Crippen molar-refractivity contribution in [1.82, 2.24) is 5.32 Å². The maximum absolute atomic E-state index is 13.1. The molecule has 1 aliphatic rings. The lowest BCUT2D eigenvalue weighted by atomic mass is 10.1. The Labute approximate surface area is 173 Å². The van der Waals surface area contributed by atoms with E-state index in [1.807, 2.05) is 12.1 Å². The number of halogens is 3. The average Bonchev–Trinajstić information content (AvgIpc) is 3.02. The van der Waals surface area contributed by atoms with E-state index in [0.717, 1.165) is 34.2 Å². The lowest BCUT2D eigenvalue weighted by Crippen LogP contribution is -2.17. The SMILES string of the molecule is O=C1NC(=O)/C(=C\c2ccc3cc(OCc4ccccc4C(F)(F)F)ccc3c2)S1. The second-order valence-electron chi connectivity index (χ2n) is 6.56. The first-order valence-electron chi connectivity index (χ1n) is 8.86. The Balaban J connectivity index is 1.53. The minimum absolute atomic E-state index is 0.0638. The summed E-state index contributed by atoms with van der Waals surface area (Å²) in [6, 6.07) is 16.0. The second-order valence-corrected chi connectivity index (χ2v) is 7.58. The quantitative estimate of drug-likeness (QED) is 0.536. The Kier molecular flexibility index (Phi) is 5.26. The predicted octanol–water partition coefficient (Wildman–Crippen LogP) is 5.76. The number of alkyl halides is 3. The molecule has 0 saturated carbocycles. The zero-order valence-electron chi connectivity index (χ0n) is 15.3. The van der Waals surface area contributed by atoms with E-state index in [9.17, 15) is 22.8 Å². The lowest BCUT2D eigenvalue weighted by molar-refractivity contribution is -0.138. The summed E-state index contributed by atoms with van der Waals surface area (Å²) in [5.41, 5.74) is 0.104. The van der Waals surface area contributed by atoms with Crippen LogP contribution in [0, 0.1) is 0 Å². The van der Waals surface area contributed by atoms with E-state index in [2.05, 4.69) is 5.32 Å². The van der Waals surface area contributed by atoms with Gasteiger partial charge in [-0.3, -0.25) is 14.9 Å². The van der Waals surface area contributed by atoms with Crippen LogP contribution in [-0.4, -0.2) is 11.1 Å². The molecule has 1 fully saturated rings. The van der Waals surface area contributed by atoms with Crippen LogP contribution in [0.4, 0.5) is 18.0 Å². The molecule has 1 saturated heterocycles. The van der Waals surface area contributed by atoms with Gasteiger partial charge in [-0.1, -0.05) is 36.4 Å². The summed E-state index contributed by atoms with van der Waals surface area (Å²) in [5, 5.41) is 3.50. The van der Waals surface area contributed by atoms with Gasteiger partial charge >= 0.3 is 6.18 Å². The number of amides is 2. The molecule has 0 spiro atoms. The topological polar surface area (TPSA) is 55.4 Å². The van der Waals surface area contributed by atoms with Crippen LogP contribution in [0.15, 0.2) is 65.6 Å². The maximum Gasteiger partial charge on any atom is 0.416 e. The summed E-state index contributed by atoms with van der Waals surface area (Å²) in [6.45, 7) is -0.203. The standard InChI is InChI=1S/C22H14F3NO3S/c23-22(24,25)18-4-2-1-3-16(18)12-29-17-8-7-14-9-13(5-6-15(14)11-17)10-19-20(27)26-21(28)30-19/h1-11H,12H2,(H,26,27,28)/b19-10+. The molecule has 2 amide bonds. The Bertz CT molecular complexity index is 1190. The molecular formula is C22H14F3NO3S. The Hall–Kier alpha value is -3.26. The molecule has 0 bridgehead atoms. The number of hydrogen-bond acceptors (Lipinski definition) is 4. The third kappa shape index (κ3) is 4.33. The number of hydrogen-bond donors (Lipinski definition) is 1. The Morgan fingerprint density at radius 1 is 0.967 bits per heavy atom. The van der Waals surface area contributed by atoms with E-state index >= 15 is 0 Å². The van der Waals surface area contributed by atoms with Gasteiger partial charge in [0.25, 0.3) is 11.1 Å². The molecule has 3 aromatic carbocycles. The van der Waals surface area contributed by atoms with Gasteiger partial charge in [-0.2, -0.15) is 13.2 Å². The highest BCUT2D eigenvalue weighted by molar-refractivity contribution is 8.18. The minimum atomic E-state index is -4.44. The van der Waals surface area contributed by atoms with Gasteiger partial charge in [0.05, 0.1) is 10.5 Å². The highest BCUT2D eigenvalue weighted by Crippen LogP contribution is 2.33. The van der Waals surface area contributed by atoms with Crippen LogP contribution in [0.1, 0.15) is 16.7 Å². The Morgan fingerprint density at radius 2 is 1.70 bits per heavy atom.